The van der Waals surface area contributed by atoms with Crippen molar-refractivity contribution in [2.75, 3.05) is 31.6 Å². The van der Waals surface area contributed by atoms with Gasteiger partial charge < -0.3 is 14.4 Å². The van der Waals surface area contributed by atoms with Crippen LogP contribution in [0.5, 0.6) is 0 Å². The zero-order chi connectivity index (χ0) is 30.4. The number of nitrogens with one attached hydrogen (secondary N) is 1. The molecule has 2 aromatic heterocycles. The number of thiazole rings is 1. The number of benzene rings is 2. The molecule has 1 atom stereocenters. The Morgan fingerprint density at radius 2 is 1.93 bits per heavy atom. The average molecular weight is 654 g/mol. The van der Waals surface area contributed by atoms with Gasteiger partial charge in [0, 0.05) is 53.1 Å². The molecule has 1 fully saturated rings. The third kappa shape index (κ3) is 5.31. The normalized spacial score (nSPS) is 17.6. The first kappa shape index (κ1) is 29.4. The number of rotatable bonds is 8. The Bertz CT molecular complexity index is 1700. The molecule has 5 heterocycles. The number of hydrogen-bond acceptors (Lipinski definition) is 6. The first-order valence-electron chi connectivity index (χ1n) is 14.9. The number of aryl methyl sites for hydroxylation is 1. The van der Waals surface area contributed by atoms with Crippen molar-refractivity contribution >= 4 is 51.5 Å². The van der Waals surface area contributed by atoms with Crippen molar-refractivity contribution in [1.29, 1.82) is 0 Å². The van der Waals surface area contributed by atoms with E-state index in [2.05, 4.69) is 32.3 Å². The number of imidazole rings is 1. The second-order valence-corrected chi connectivity index (χ2v) is 13.2. The van der Waals surface area contributed by atoms with E-state index in [-0.39, 0.29) is 25.0 Å². The van der Waals surface area contributed by atoms with Crippen molar-refractivity contribution in [3.8, 4) is 11.1 Å². The van der Waals surface area contributed by atoms with Crippen molar-refractivity contribution in [3.05, 3.63) is 86.4 Å². The van der Waals surface area contributed by atoms with E-state index >= 15 is 0 Å². The Labute approximate surface area is 268 Å². The smallest absolute Gasteiger partial charge is 0.257 e. The van der Waals surface area contributed by atoms with Gasteiger partial charge in [-0.3, -0.25) is 14.9 Å². The number of aromatic nitrogens is 3. The zero-order valence-electron chi connectivity index (χ0n) is 23.9. The molecule has 3 aliphatic heterocycles. The molecule has 1 saturated heterocycles. The monoisotopic (exact) mass is 652 g/mol. The summed E-state index contributed by atoms with van der Waals surface area (Å²) in [5, 5.41) is 5.85. The lowest BCUT2D eigenvalue weighted by atomic mass is 9.88. The Morgan fingerprint density at radius 3 is 2.66 bits per heavy atom. The largest absolute Gasteiger partial charge is 0.334 e. The lowest BCUT2D eigenvalue weighted by molar-refractivity contribution is -0.121. The van der Waals surface area contributed by atoms with E-state index in [9.17, 15) is 14.0 Å². The molecule has 3 aliphatic rings. The van der Waals surface area contributed by atoms with Crippen LogP contribution in [0, 0.1) is 0 Å². The predicted octanol–water partition coefficient (Wildman–Crippen LogP) is 6.74. The van der Waals surface area contributed by atoms with Crippen LogP contribution >= 0.6 is 34.5 Å². The third-order valence-electron chi connectivity index (χ3n) is 9.07. The number of likely N-dealkylation sites (tertiary alicyclic amines) is 1. The van der Waals surface area contributed by atoms with E-state index in [0.29, 0.717) is 50.0 Å². The standard InChI is InChI=1S/C32H31Cl2FN6O2S/c33-24-16-22(21-5-3-19(4-6-21)20-7-12-39(13-8-20)14-9-35)27(34)26-23(24)17-41(31(26)43)29(30(42)38-32-36-10-15-44-32)28-25-2-1-11-40(25)18-37-28/h3-6,10,15-16,18,20,29H,1-2,7-9,11-14,17H2,(H,36,38,42). The average Bonchev–Trinajstić information content (AvgIpc) is 3.83. The minimum Gasteiger partial charge on any atom is -0.334 e. The van der Waals surface area contributed by atoms with Gasteiger partial charge in [0.05, 0.1) is 22.6 Å². The number of nitrogens with zero attached hydrogens (tertiary/aromatic N) is 5. The fourth-order valence-electron chi connectivity index (χ4n) is 6.80. The van der Waals surface area contributed by atoms with Crippen molar-refractivity contribution in [2.45, 2.75) is 50.7 Å². The van der Waals surface area contributed by atoms with Gasteiger partial charge in [-0.25, -0.2) is 14.4 Å². The van der Waals surface area contributed by atoms with E-state index in [1.807, 2.05) is 22.8 Å². The van der Waals surface area contributed by atoms with Gasteiger partial charge in [0.1, 0.15) is 6.67 Å². The molecule has 0 spiro atoms. The summed E-state index contributed by atoms with van der Waals surface area (Å²) in [5.74, 6) is -0.316. The summed E-state index contributed by atoms with van der Waals surface area (Å²) in [6, 6.07) is 9.08. The maximum atomic E-state index is 14.2. The van der Waals surface area contributed by atoms with Crippen LogP contribution in [0.15, 0.2) is 48.2 Å². The summed E-state index contributed by atoms with van der Waals surface area (Å²) in [7, 11) is 0. The number of carbonyl (C=O) groups is 2. The zero-order valence-corrected chi connectivity index (χ0v) is 26.3. The number of carbonyl (C=O) groups excluding carboxylic acids is 2. The molecule has 0 radical (unpaired) electrons. The molecular formula is C32H31Cl2FN6O2S. The van der Waals surface area contributed by atoms with E-state index in [1.54, 1.807) is 17.9 Å². The van der Waals surface area contributed by atoms with Crippen LogP contribution in [-0.4, -0.2) is 62.5 Å². The van der Waals surface area contributed by atoms with Crippen LogP contribution in [0.4, 0.5) is 9.52 Å². The number of hydrogen-bond donors (Lipinski definition) is 1. The molecule has 4 aromatic rings. The first-order chi connectivity index (χ1) is 21.4. The number of anilines is 1. The van der Waals surface area contributed by atoms with E-state index in [4.69, 9.17) is 23.2 Å². The molecule has 2 amide bonds. The summed E-state index contributed by atoms with van der Waals surface area (Å²) < 4.78 is 14.8. The van der Waals surface area contributed by atoms with Gasteiger partial charge in [-0.1, -0.05) is 47.5 Å². The molecular weight excluding hydrogens is 622 g/mol. The van der Waals surface area contributed by atoms with Crippen molar-refractivity contribution in [2.24, 2.45) is 0 Å². The fourth-order valence-corrected chi connectivity index (χ4v) is 7.95. The van der Waals surface area contributed by atoms with Gasteiger partial charge in [0.15, 0.2) is 11.2 Å². The van der Waals surface area contributed by atoms with Crippen LogP contribution in [0.1, 0.15) is 64.1 Å². The van der Waals surface area contributed by atoms with Crippen molar-refractivity contribution < 1.29 is 14.0 Å². The topological polar surface area (TPSA) is 83.4 Å². The van der Waals surface area contributed by atoms with Gasteiger partial charge in [0.2, 0.25) is 0 Å². The molecule has 44 heavy (non-hydrogen) atoms. The van der Waals surface area contributed by atoms with Gasteiger partial charge in [-0.2, -0.15) is 0 Å². The molecule has 1 N–H and O–H groups in total. The van der Waals surface area contributed by atoms with Crippen LogP contribution in [0.3, 0.4) is 0 Å². The van der Waals surface area contributed by atoms with E-state index < -0.39 is 6.04 Å². The molecule has 0 saturated carbocycles. The Kier molecular flexibility index (Phi) is 8.17. The summed E-state index contributed by atoms with van der Waals surface area (Å²) in [6.07, 6.45) is 7.08. The summed E-state index contributed by atoms with van der Waals surface area (Å²) >= 11 is 15.2. The molecule has 1 unspecified atom stereocenters. The summed E-state index contributed by atoms with van der Waals surface area (Å²) in [5.41, 5.74) is 5.21. The highest BCUT2D eigenvalue weighted by Crippen LogP contribution is 2.44. The molecule has 0 bridgehead atoms. The molecule has 12 heteroatoms. The predicted molar refractivity (Wildman–Crippen MR) is 170 cm³/mol. The van der Waals surface area contributed by atoms with E-state index in [1.165, 1.54) is 21.8 Å². The molecule has 228 valence electrons. The minimum atomic E-state index is -0.973. The number of alkyl halides is 1. The van der Waals surface area contributed by atoms with Crippen LogP contribution in [0.2, 0.25) is 10.0 Å². The molecule has 2 aromatic carbocycles. The van der Waals surface area contributed by atoms with Crippen molar-refractivity contribution in [1.82, 2.24) is 24.3 Å². The maximum absolute atomic E-state index is 14.2. The van der Waals surface area contributed by atoms with Gasteiger partial charge in [0.25, 0.3) is 11.8 Å². The second-order valence-electron chi connectivity index (χ2n) is 11.5. The third-order valence-corrected chi connectivity index (χ3v) is 10.5. The van der Waals surface area contributed by atoms with E-state index in [0.717, 1.165) is 56.6 Å². The van der Waals surface area contributed by atoms with Gasteiger partial charge in [-0.05, 0) is 61.9 Å². The second kappa shape index (κ2) is 12.2. The number of amides is 2. The van der Waals surface area contributed by atoms with Crippen molar-refractivity contribution in [3.63, 3.8) is 0 Å². The first-order valence-corrected chi connectivity index (χ1v) is 16.5. The van der Waals surface area contributed by atoms with Crippen LogP contribution in [0.25, 0.3) is 11.1 Å². The number of fused-ring (bicyclic) bond motifs is 2. The Morgan fingerprint density at radius 1 is 1.14 bits per heavy atom. The fraction of sp³-hybridized carbons (Fsp3) is 0.375. The van der Waals surface area contributed by atoms with Crippen LogP contribution < -0.4 is 5.32 Å². The maximum Gasteiger partial charge on any atom is 0.257 e. The summed E-state index contributed by atoms with van der Waals surface area (Å²) in [4.78, 5) is 40.4. The Hall–Kier alpha value is -3.31. The van der Waals surface area contributed by atoms with Gasteiger partial charge in [-0.15, -0.1) is 11.3 Å². The highest BCUT2D eigenvalue weighted by Gasteiger charge is 2.43. The minimum absolute atomic E-state index is 0.134. The highest BCUT2D eigenvalue weighted by molar-refractivity contribution is 7.13. The lowest BCUT2D eigenvalue weighted by Gasteiger charge is -2.31. The number of piperidine rings is 1. The summed E-state index contributed by atoms with van der Waals surface area (Å²) in [6.45, 7) is 2.94. The molecule has 0 aliphatic carbocycles. The Balaban J connectivity index is 1.18. The SMILES string of the molecule is O=C(Nc1nccs1)C(c1ncn2c1CCC2)N1Cc2c(Cl)cc(-c3ccc(C4CCN(CCF)CC4)cc3)c(Cl)c2C1=O. The highest BCUT2D eigenvalue weighted by atomic mass is 35.5. The van der Waals surface area contributed by atoms with Crippen LogP contribution in [-0.2, 0) is 24.3 Å². The lowest BCUT2D eigenvalue weighted by Crippen LogP contribution is -2.38. The number of halogens is 3. The quantitative estimate of drug-likeness (QED) is 0.228. The molecule has 7 rings (SSSR count). The molecule has 8 nitrogen and oxygen atoms in total. The van der Waals surface area contributed by atoms with Gasteiger partial charge >= 0.3 is 0 Å².